The molecule has 0 aromatic heterocycles. The predicted molar refractivity (Wildman–Crippen MR) is 114 cm³/mol. The van der Waals surface area contributed by atoms with E-state index in [9.17, 15) is 0 Å². The van der Waals surface area contributed by atoms with Crippen molar-refractivity contribution in [3.05, 3.63) is 60.7 Å². The standard InChI is InChI=1S/C21H26N2O3S/c1-5-13-26-17-10-8-16(9-11-17)22-21(27)23-18(6-2)15-7-12-19(24-3)20(14-15)25-4/h5,7-12,14,18H,1,6,13H2,2-4H3,(H2,22,23,27). The summed E-state index contributed by atoms with van der Waals surface area (Å²) in [5, 5.41) is 7.10. The van der Waals surface area contributed by atoms with Crippen LogP contribution in [0.1, 0.15) is 24.9 Å². The molecule has 6 heteroatoms. The fourth-order valence-electron chi connectivity index (χ4n) is 2.61. The Morgan fingerprint density at radius 3 is 2.41 bits per heavy atom. The average Bonchev–Trinajstić information content (AvgIpc) is 2.71. The summed E-state index contributed by atoms with van der Waals surface area (Å²) < 4.78 is 16.2. The van der Waals surface area contributed by atoms with Crippen LogP contribution >= 0.6 is 12.2 Å². The molecule has 0 aliphatic heterocycles. The second-order valence-electron chi connectivity index (χ2n) is 5.80. The van der Waals surface area contributed by atoms with E-state index >= 15 is 0 Å². The van der Waals surface area contributed by atoms with Crippen molar-refractivity contribution in [2.45, 2.75) is 19.4 Å². The van der Waals surface area contributed by atoms with Crippen LogP contribution in [0.25, 0.3) is 0 Å². The molecule has 1 atom stereocenters. The molecule has 0 saturated heterocycles. The molecule has 2 aromatic carbocycles. The minimum Gasteiger partial charge on any atom is -0.493 e. The van der Waals surface area contributed by atoms with Crippen molar-refractivity contribution in [2.75, 3.05) is 26.1 Å². The summed E-state index contributed by atoms with van der Waals surface area (Å²) in [4.78, 5) is 0. The zero-order valence-electron chi connectivity index (χ0n) is 16.0. The summed E-state index contributed by atoms with van der Waals surface area (Å²) in [6.45, 7) is 6.22. The average molecular weight is 387 g/mol. The van der Waals surface area contributed by atoms with Gasteiger partial charge < -0.3 is 24.8 Å². The summed E-state index contributed by atoms with van der Waals surface area (Å²) in [6, 6.07) is 13.6. The van der Waals surface area contributed by atoms with Crippen LogP contribution in [0.2, 0.25) is 0 Å². The Balaban J connectivity index is 2.01. The van der Waals surface area contributed by atoms with E-state index in [1.54, 1.807) is 20.3 Å². The number of rotatable bonds is 9. The Morgan fingerprint density at radius 2 is 1.81 bits per heavy atom. The van der Waals surface area contributed by atoms with Crippen molar-refractivity contribution >= 4 is 23.0 Å². The van der Waals surface area contributed by atoms with Crippen molar-refractivity contribution in [3.63, 3.8) is 0 Å². The molecule has 0 heterocycles. The monoisotopic (exact) mass is 386 g/mol. The lowest BCUT2D eigenvalue weighted by atomic mass is 10.0. The van der Waals surface area contributed by atoms with Gasteiger partial charge in [-0.1, -0.05) is 25.6 Å². The van der Waals surface area contributed by atoms with Crippen molar-refractivity contribution in [1.82, 2.24) is 5.32 Å². The molecule has 0 aliphatic carbocycles. The van der Waals surface area contributed by atoms with Crippen molar-refractivity contribution < 1.29 is 14.2 Å². The van der Waals surface area contributed by atoms with Gasteiger partial charge in [0.1, 0.15) is 12.4 Å². The number of thiocarbonyl (C=S) groups is 1. The highest BCUT2D eigenvalue weighted by Gasteiger charge is 2.14. The Hall–Kier alpha value is -2.73. The van der Waals surface area contributed by atoms with Gasteiger partial charge in [-0.15, -0.1) is 0 Å². The molecule has 0 bridgehead atoms. The molecule has 27 heavy (non-hydrogen) atoms. The zero-order chi connectivity index (χ0) is 19.6. The molecule has 1 unspecified atom stereocenters. The zero-order valence-corrected chi connectivity index (χ0v) is 16.8. The largest absolute Gasteiger partial charge is 0.493 e. The van der Waals surface area contributed by atoms with Crippen LogP contribution in [0.15, 0.2) is 55.1 Å². The molecule has 5 nitrogen and oxygen atoms in total. The van der Waals surface area contributed by atoms with Gasteiger partial charge in [-0.05, 0) is 60.6 Å². The Bertz CT molecular complexity index is 763. The highest BCUT2D eigenvalue weighted by molar-refractivity contribution is 7.80. The van der Waals surface area contributed by atoms with Crippen molar-refractivity contribution in [1.29, 1.82) is 0 Å². The van der Waals surface area contributed by atoms with Crippen LogP contribution < -0.4 is 24.8 Å². The summed E-state index contributed by atoms with van der Waals surface area (Å²) >= 11 is 5.47. The maximum atomic E-state index is 5.48. The lowest BCUT2D eigenvalue weighted by molar-refractivity contribution is 0.354. The molecule has 2 aromatic rings. The van der Waals surface area contributed by atoms with Gasteiger partial charge in [0, 0.05) is 5.69 Å². The third-order valence-electron chi connectivity index (χ3n) is 4.00. The van der Waals surface area contributed by atoms with Crippen molar-refractivity contribution in [3.8, 4) is 17.2 Å². The van der Waals surface area contributed by atoms with Gasteiger partial charge in [0.05, 0.1) is 20.3 Å². The fraction of sp³-hybridized carbons (Fsp3) is 0.286. The molecule has 0 spiro atoms. The Labute approximate surface area is 166 Å². The molecular weight excluding hydrogens is 360 g/mol. The predicted octanol–water partition coefficient (Wildman–Crippen LogP) is 4.71. The highest BCUT2D eigenvalue weighted by atomic mass is 32.1. The lowest BCUT2D eigenvalue weighted by Crippen LogP contribution is -2.32. The smallest absolute Gasteiger partial charge is 0.171 e. The SMILES string of the molecule is C=CCOc1ccc(NC(=S)NC(CC)c2ccc(OC)c(OC)c2)cc1. The van der Waals surface area contributed by atoms with Crippen LogP contribution in [0.3, 0.4) is 0 Å². The maximum Gasteiger partial charge on any atom is 0.171 e. The second-order valence-corrected chi connectivity index (χ2v) is 6.21. The molecular formula is C21H26N2O3S. The second kappa shape index (κ2) is 10.4. The topological polar surface area (TPSA) is 51.8 Å². The number of ether oxygens (including phenoxy) is 3. The van der Waals surface area contributed by atoms with E-state index < -0.39 is 0 Å². The first-order chi connectivity index (χ1) is 13.1. The maximum absolute atomic E-state index is 5.48. The van der Waals surface area contributed by atoms with Gasteiger partial charge in [-0.3, -0.25) is 0 Å². The molecule has 2 N–H and O–H groups in total. The Kier molecular flexibility index (Phi) is 7.95. The normalized spacial score (nSPS) is 11.2. The molecule has 0 aliphatic rings. The minimum atomic E-state index is 0.0556. The number of benzene rings is 2. The minimum absolute atomic E-state index is 0.0556. The molecule has 0 radical (unpaired) electrons. The van der Waals surface area contributed by atoms with Crippen LogP contribution in [-0.2, 0) is 0 Å². The summed E-state index contributed by atoms with van der Waals surface area (Å²) in [5.74, 6) is 2.19. The van der Waals surface area contributed by atoms with E-state index in [0.717, 1.165) is 23.4 Å². The van der Waals surface area contributed by atoms with Gasteiger partial charge in [-0.2, -0.15) is 0 Å². The first-order valence-electron chi connectivity index (χ1n) is 8.74. The van der Waals surface area contributed by atoms with E-state index in [0.29, 0.717) is 23.2 Å². The lowest BCUT2D eigenvalue weighted by Gasteiger charge is -2.21. The summed E-state index contributed by atoms with van der Waals surface area (Å²) in [7, 11) is 3.25. The quantitative estimate of drug-likeness (QED) is 0.481. The number of hydrogen-bond donors (Lipinski definition) is 2. The molecule has 144 valence electrons. The molecule has 0 amide bonds. The first kappa shape index (κ1) is 20.6. The van der Waals surface area contributed by atoms with Crippen molar-refractivity contribution in [2.24, 2.45) is 0 Å². The summed E-state index contributed by atoms with van der Waals surface area (Å²) in [5.41, 5.74) is 1.97. The summed E-state index contributed by atoms with van der Waals surface area (Å²) in [6.07, 6.45) is 2.58. The number of anilines is 1. The number of hydrogen-bond acceptors (Lipinski definition) is 4. The number of methoxy groups -OCH3 is 2. The third-order valence-corrected chi connectivity index (χ3v) is 4.22. The first-order valence-corrected chi connectivity index (χ1v) is 9.15. The number of nitrogens with one attached hydrogen (secondary N) is 2. The van der Waals surface area contributed by atoms with E-state index in [4.69, 9.17) is 26.4 Å². The van der Waals surface area contributed by atoms with Gasteiger partial charge in [0.2, 0.25) is 0 Å². The molecule has 2 rings (SSSR count). The van der Waals surface area contributed by atoms with Gasteiger partial charge >= 0.3 is 0 Å². The fourth-order valence-corrected chi connectivity index (χ4v) is 2.87. The third kappa shape index (κ3) is 5.89. The van der Waals surface area contributed by atoms with E-state index in [1.165, 1.54) is 0 Å². The molecule has 0 saturated carbocycles. The van der Waals surface area contributed by atoms with Crippen LogP contribution in [0.5, 0.6) is 17.2 Å². The van der Waals surface area contributed by atoms with E-state index in [1.807, 2.05) is 42.5 Å². The van der Waals surface area contributed by atoms with Gasteiger partial charge in [0.15, 0.2) is 16.6 Å². The van der Waals surface area contributed by atoms with Gasteiger partial charge in [-0.25, -0.2) is 0 Å². The van der Waals surface area contributed by atoms with Crippen LogP contribution in [0.4, 0.5) is 5.69 Å². The highest BCUT2D eigenvalue weighted by Crippen LogP contribution is 2.31. The van der Waals surface area contributed by atoms with Crippen LogP contribution in [0, 0.1) is 0 Å². The Morgan fingerprint density at radius 1 is 1.11 bits per heavy atom. The van der Waals surface area contributed by atoms with Crippen LogP contribution in [-0.4, -0.2) is 25.9 Å². The molecule has 0 fully saturated rings. The van der Waals surface area contributed by atoms with E-state index in [-0.39, 0.29) is 6.04 Å². The van der Waals surface area contributed by atoms with Gasteiger partial charge in [0.25, 0.3) is 0 Å². The van der Waals surface area contributed by atoms with E-state index in [2.05, 4.69) is 24.1 Å².